The van der Waals surface area contributed by atoms with Crippen LogP contribution in [0.25, 0.3) is 5.73 Å². The van der Waals surface area contributed by atoms with E-state index < -0.39 is 0 Å². The van der Waals surface area contributed by atoms with Crippen LogP contribution in [0, 0.1) is 45.0 Å². The summed E-state index contributed by atoms with van der Waals surface area (Å²) in [5.41, 5.74) is 5.75. The molecule has 0 aliphatic heterocycles. The first-order valence-corrected chi connectivity index (χ1v) is 1.50. The molecule has 0 unspecified atom stereocenters. The van der Waals surface area contributed by atoms with Crippen molar-refractivity contribution in [2.24, 2.45) is 0 Å². The van der Waals surface area contributed by atoms with Crippen LogP contribution in [0.1, 0.15) is 6.42 Å². The molecule has 0 rings (SSSR count). The monoisotopic (exact) mass is 361 g/mol. The molecule has 1 radical (unpaired) electrons. The predicted molar refractivity (Wildman–Crippen MR) is 25.6 cm³/mol. The van der Waals surface area contributed by atoms with E-state index in [4.69, 9.17) is 5.73 Å². The third kappa shape index (κ3) is 93.4. The predicted octanol–water partition coefficient (Wildman–Crippen LogP) is 1.71. The summed E-state index contributed by atoms with van der Waals surface area (Å²) in [7, 11) is 1.25. The van der Waals surface area contributed by atoms with E-state index in [-0.39, 0.29) is 49.7 Å². The Labute approximate surface area is 82.1 Å². The zero-order valence-corrected chi connectivity index (χ0v) is 10.1. The molecule has 3 heteroatoms. The van der Waals surface area contributed by atoms with E-state index in [0.717, 1.165) is 6.42 Å². The van der Waals surface area contributed by atoms with Crippen molar-refractivity contribution in [1.82, 2.24) is 0 Å². The summed E-state index contributed by atoms with van der Waals surface area (Å²) in [5, 5.41) is 0. The van der Waals surface area contributed by atoms with Gasteiger partial charge in [-0.25, -0.2) is 0 Å². The second-order valence-electron chi connectivity index (χ2n) is 0.354. The summed E-state index contributed by atoms with van der Waals surface area (Å²) in [6, 6.07) is 0. The molecule has 0 atom stereocenters. The van der Waals surface area contributed by atoms with Crippen molar-refractivity contribution >= 4 is 0 Å². The fourth-order valence-corrected chi connectivity index (χ4v) is 0. The Morgan fingerprint density at radius 3 is 1.29 bits per heavy atom. The van der Waals surface area contributed by atoms with Gasteiger partial charge in [-0.3, -0.25) is 0 Å². The molecule has 0 aromatic carbocycles. The number of hydrogen-bond donors (Lipinski definition) is 0. The minimum Gasteiger partial charge on any atom is -0.680 e. The molecule has 0 saturated heterocycles. The van der Waals surface area contributed by atoms with Crippen LogP contribution < -0.4 is 0 Å². The van der Waals surface area contributed by atoms with Crippen molar-refractivity contribution in [3.63, 3.8) is 0 Å². The van der Waals surface area contributed by atoms with Gasteiger partial charge in [0.1, 0.15) is 0 Å². The summed E-state index contributed by atoms with van der Waals surface area (Å²) >= 11 is 0. The van der Waals surface area contributed by atoms with Crippen molar-refractivity contribution in [2.45, 2.75) is 6.42 Å². The maximum atomic E-state index is 5.75. The smallest absolute Gasteiger partial charge is 0.680 e. The van der Waals surface area contributed by atoms with E-state index in [1.165, 1.54) is 7.05 Å². The summed E-state index contributed by atoms with van der Waals surface area (Å²) in [6.07, 6.45) is 0.750. The van der Waals surface area contributed by atoms with Gasteiger partial charge < -0.3 is 26.0 Å². The van der Waals surface area contributed by atoms with Gasteiger partial charge in [-0.05, 0) is 0 Å². The van der Waals surface area contributed by atoms with Crippen LogP contribution in [0.2, 0.25) is 0 Å². The van der Waals surface area contributed by atoms with Crippen molar-refractivity contribution < 1.29 is 49.7 Å². The van der Waals surface area contributed by atoms with Gasteiger partial charge in [0.15, 0.2) is 0 Å². The zero-order valence-electron chi connectivity index (χ0n) is 4.57. The third-order valence-electron chi connectivity index (χ3n) is 0. The quantitative estimate of drug-likeness (QED) is 0.587. The van der Waals surface area contributed by atoms with Crippen LogP contribution in [0.4, 0.5) is 0 Å². The second-order valence-corrected chi connectivity index (χ2v) is 0.354. The van der Waals surface area contributed by atoms with Crippen LogP contribution in [0.15, 0.2) is 0 Å². The number of rotatable bonds is 0. The number of nitrogens with one attached hydrogen (secondary N) is 1. The van der Waals surface area contributed by atoms with Gasteiger partial charge >= 0.3 is 31.1 Å². The molecule has 0 aromatic rings. The van der Waals surface area contributed by atoms with E-state index >= 15 is 0 Å². The maximum absolute atomic E-state index is 5.75. The Balaban J connectivity index is -0.0000000105. The first-order chi connectivity index (χ1) is 2.41. The molecule has 0 spiro atoms. The van der Waals surface area contributed by atoms with Gasteiger partial charge in [0.05, 0.1) is 0 Å². The fraction of sp³-hybridized carbons (Fsp3) is 0.500. The van der Waals surface area contributed by atoms with E-state index in [1.54, 1.807) is 0 Å². The minimum absolute atomic E-state index is 0. The largest absolute Gasteiger partial charge is 2.00 e. The van der Waals surface area contributed by atoms with Gasteiger partial charge in [0.2, 0.25) is 0 Å². The molecule has 0 bridgehead atoms. The van der Waals surface area contributed by atoms with E-state index in [1.807, 2.05) is 0 Å². The molecular formula is C4H10NUV-. The SMILES string of the molecule is C[NH-].[CH2-]C[CH2-].[U+2].[V]. The number of hydrogen-bond acceptors (Lipinski definition) is 0. The van der Waals surface area contributed by atoms with Gasteiger partial charge in [-0.15, -0.1) is 0 Å². The van der Waals surface area contributed by atoms with Gasteiger partial charge in [0.25, 0.3) is 0 Å². The van der Waals surface area contributed by atoms with Crippen LogP contribution >= 0.6 is 0 Å². The molecule has 1 nitrogen and oxygen atoms in total. The Bertz CT molecular complexity index is 11.7. The first kappa shape index (κ1) is 23.5. The zero-order chi connectivity index (χ0) is 4.71. The molecule has 0 saturated carbocycles. The normalized spacial score (nSPS) is 3.43. The molecule has 1 N–H and O–H groups in total. The molecule has 0 aromatic heterocycles. The van der Waals surface area contributed by atoms with Crippen molar-refractivity contribution in [3.05, 3.63) is 19.6 Å². The van der Waals surface area contributed by atoms with Crippen molar-refractivity contribution in [2.75, 3.05) is 7.05 Å². The molecule has 0 aliphatic rings. The Hall–Kier alpha value is 1.60. The van der Waals surface area contributed by atoms with Gasteiger partial charge in [-0.1, -0.05) is 0 Å². The maximum Gasteiger partial charge on any atom is 2.00 e. The van der Waals surface area contributed by atoms with E-state index in [2.05, 4.69) is 13.8 Å². The van der Waals surface area contributed by atoms with Crippen LogP contribution in [-0.2, 0) is 18.6 Å². The third-order valence-corrected chi connectivity index (χ3v) is 0. The summed E-state index contributed by atoms with van der Waals surface area (Å²) < 4.78 is 0. The van der Waals surface area contributed by atoms with Crippen LogP contribution in [0.3, 0.4) is 0 Å². The Kier molecular flexibility index (Phi) is 164. The average molecular weight is 361 g/mol. The average Bonchev–Trinajstić information content (AvgIpc) is 1.46. The second kappa shape index (κ2) is 49.0. The Morgan fingerprint density at radius 1 is 1.29 bits per heavy atom. The fourth-order valence-electron chi connectivity index (χ4n) is 0. The molecule has 0 aliphatic carbocycles. The first-order valence-electron chi connectivity index (χ1n) is 1.50. The van der Waals surface area contributed by atoms with Crippen LogP contribution in [-0.4, -0.2) is 7.05 Å². The molecule has 7 heavy (non-hydrogen) atoms. The molecule has 0 fully saturated rings. The molecule has 0 amide bonds. The van der Waals surface area contributed by atoms with Crippen LogP contribution in [0.5, 0.6) is 0 Å². The Morgan fingerprint density at radius 2 is 1.29 bits per heavy atom. The summed E-state index contributed by atoms with van der Waals surface area (Å²) in [4.78, 5) is 0. The van der Waals surface area contributed by atoms with Crippen molar-refractivity contribution in [1.29, 1.82) is 0 Å². The van der Waals surface area contributed by atoms with Crippen molar-refractivity contribution in [3.8, 4) is 0 Å². The van der Waals surface area contributed by atoms with Gasteiger partial charge in [-0.2, -0.15) is 7.05 Å². The van der Waals surface area contributed by atoms with E-state index in [0.29, 0.717) is 0 Å². The summed E-state index contributed by atoms with van der Waals surface area (Å²) in [6.45, 7) is 6.75. The summed E-state index contributed by atoms with van der Waals surface area (Å²) in [5.74, 6) is 0. The topological polar surface area (TPSA) is 23.8 Å². The van der Waals surface area contributed by atoms with Gasteiger partial charge in [0, 0.05) is 18.6 Å². The van der Waals surface area contributed by atoms with E-state index in [9.17, 15) is 0 Å². The minimum atomic E-state index is 0. The molecule has 0 heterocycles. The molecular weight excluding hydrogens is 351 g/mol. The molecule has 41 valence electrons. The standard InChI is InChI=1S/C3H6.CH4N.U.V/c1-3-2;1-2;;/h1-3H2;2H,1H3;;/q-2;-1;+2;.